The largest absolute Gasteiger partial charge is 0.497 e. The van der Waals surface area contributed by atoms with Gasteiger partial charge in [-0.25, -0.2) is 4.98 Å². The van der Waals surface area contributed by atoms with Crippen molar-refractivity contribution in [1.29, 1.82) is 0 Å². The number of amides is 1. The van der Waals surface area contributed by atoms with Gasteiger partial charge in [-0.2, -0.15) is 0 Å². The lowest BCUT2D eigenvalue weighted by molar-refractivity contribution is -0.111. The van der Waals surface area contributed by atoms with Crippen molar-refractivity contribution in [2.24, 2.45) is 0 Å². The van der Waals surface area contributed by atoms with Gasteiger partial charge in [0.2, 0.25) is 5.91 Å². The van der Waals surface area contributed by atoms with Crippen LogP contribution in [0.2, 0.25) is 0 Å². The van der Waals surface area contributed by atoms with Gasteiger partial charge in [0.05, 0.1) is 19.9 Å². The van der Waals surface area contributed by atoms with Crippen molar-refractivity contribution in [2.75, 3.05) is 19.5 Å². The first-order valence-corrected chi connectivity index (χ1v) is 9.62. The van der Waals surface area contributed by atoms with Crippen molar-refractivity contribution < 1.29 is 14.3 Å². The lowest BCUT2D eigenvalue weighted by Gasteiger charge is -2.08. The minimum absolute atomic E-state index is 0.217. The van der Waals surface area contributed by atoms with E-state index in [-0.39, 0.29) is 5.91 Å². The molecule has 1 amide bonds. The topological polar surface area (TPSA) is 60.5 Å². The summed E-state index contributed by atoms with van der Waals surface area (Å²) >= 11 is 1.39. The fourth-order valence-electron chi connectivity index (χ4n) is 2.85. The molecular formula is C22H22N2O3S. The molecule has 3 rings (SSSR count). The zero-order chi connectivity index (χ0) is 20.1. The van der Waals surface area contributed by atoms with Crippen molar-refractivity contribution >= 4 is 28.5 Å². The molecule has 6 heteroatoms. The van der Waals surface area contributed by atoms with Crippen LogP contribution in [0.3, 0.4) is 0 Å². The summed E-state index contributed by atoms with van der Waals surface area (Å²) in [5.41, 5.74) is 4.90. The van der Waals surface area contributed by atoms with Crippen LogP contribution >= 0.6 is 11.3 Å². The van der Waals surface area contributed by atoms with Gasteiger partial charge >= 0.3 is 0 Å². The molecule has 0 saturated heterocycles. The number of methoxy groups -OCH3 is 2. The van der Waals surface area contributed by atoms with Gasteiger partial charge in [0.25, 0.3) is 0 Å². The number of hydrogen-bond donors (Lipinski definition) is 1. The number of carbonyl (C=O) groups excluding carboxylic acids is 1. The third-order valence-corrected chi connectivity index (χ3v) is 5.08. The summed E-state index contributed by atoms with van der Waals surface area (Å²) in [6.45, 7) is 3.99. The monoisotopic (exact) mass is 394 g/mol. The molecule has 0 aliphatic heterocycles. The number of thiazole rings is 1. The second kappa shape index (κ2) is 8.71. The van der Waals surface area contributed by atoms with Crippen molar-refractivity contribution in [3.05, 3.63) is 64.5 Å². The lowest BCUT2D eigenvalue weighted by Crippen LogP contribution is -2.07. The normalized spacial score (nSPS) is 10.9. The molecule has 144 valence electrons. The van der Waals surface area contributed by atoms with Crippen LogP contribution in [0.1, 0.15) is 16.7 Å². The maximum atomic E-state index is 12.3. The summed E-state index contributed by atoms with van der Waals surface area (Å²) in [4.78, 5) is 16.8. The van der Waals surface area contributed by atoms with E-state index in [0.717, 1.165) is 39.4 Å². The molecule has 0 atom stereocenters. The van der Waals surface area contributed by atoms with E-state index >= 15 is 0 Å². The summed E-state index contributed by atoms with van der Waals surface area (Å²) < 4.78 is 10.4. The van der Waals surface area contributed by atoms with Gasteiger partial charge in [-0.3, -0.25) is 10.1 Å². The Morgan fingerprint density at radius 1 is 1.04 bits per heavy atom. The van der Waals surface area contributed by atoms with Gasteiger partial charge in [0.15, 0.2) is 5.13 Å². The van der Waals surface area contributed by atoms with Gasteiger partial charge < -0.3 is 9.47 Å². The Morgan fingerprint density at radius 2 is 1.68 bits per heavy atom. The zero-order valence-corrected chi connectivity index (χ0v) is 17.1. The molecule has 0 bridgehead atoms. The van der Waals surface area contributed by atoms with E-state index in [4.69, 9.17) is 9.47 Å². The maximum absolute atomic E-state index is 12.3. The van der Waals surface area contributed by atoms with Crippen LogP contribution in [0, 0.1) is 13.8 Å². The molecule has 0 aliphatic carbocycles. The number of hydrogen-bond acceptors (Lipinski definition) is 5. The number of carbonyl (C=O) groups is 1. The van der Waals surface area contributed by atoms with Crippen LogP contribution in [0.5, 0.6) is 11.5 Å². The molecule has 28 heavy (non-hydrogen) atoms. The first-order valence-electron chi connectivity index (χ1n) is 8.74. The zero-order valence-electron chi connectivity index (χ0n) is 16.3. The molecule has 0 unspecified atom stereocenters. The van der Waals surface area contributed by atoms with E-state index < -0.39 is 0 Å². The molecule has 0 aliphatic rings. The molecule has 1 N–H and O–H groups in total. The SMILES string of the molecule is COc1ccc(-c2csc(NC(=O)/C=C/c3c(C)cc(OC)cc3C)n2)cc1. The third kappa shape index (κ3) is 4.58. The van der Waals surface area contributed by atoms with Gasteiger partial charge in [0, 0.05) is 17.0 Å². The number of aryl methyl sites for hydroxylation is 2. The molecule has 2 aromatic carbocycles. The second-order valence-electron chi connectivity index (χ2n) is 6.26. The Hall–Kier alpha value is -3.12. The van der Waals surface area contributed by atoms with E-state index in [1.807, 2.05) is 61.7 Å². The molecule has 5 nitrogen and oxygen atoms in total. The van der Waals surface area contributed by atoms with Crippen LogP contribution in [0.15, 0.2) is 47.9 Å². The predicted molar refractivity (Wildman–Crippen MR) is 114 cm³/mol. The Labute approximate surface area is 168 Å². The molecule has 0 radical (unpaired) electrons. The summed E-state index contributed by atoms with van der Waals surface area (Å²) in [6, 6.07) is 11.5. The Balaban J connectivity index is 1.68. The number of nitrogens with one attached hydrogen (secondary N) is 1. The van der Waals surface area contributed by atoms with Gasteiger partial charge in [0.1, 0.15) is 11.5 Å². The summed E-state index contributed by atoms with van der Waals surface area (Å²) in [7, 11) is 3.28. The predicted octanol–water partition coefficient (Wildman–Crippen LogP) is 5.10. The third-order valence-electron chi connectivity index (χ3n) is 4.32. The average Bonchev–Trinajstić information content (AvgIpc) is 3.15. The number of ether oxygens (including phenoxy) is 2. The fourth-order valence-corrected chi connectivity index (χ4v) is 3.57. The number of nitrogens with zero attached hydrogens (tertiary/aromatic N) is 1. The van der Waals surface area contributed by atoms with Crippen LogP contribution < -0.4 is 14.8 Å². The number of rotatable bonds is 6. The van der Waals surface area contributed by atoms with Crippen molar-refractivity contribution in [3.63, 3.8) is 0 Å². The molecular weight excluding hydrogens is 372 g/mol. The second-order valence-corrected chi connectivity index (χ2v) is 7.12. The van der Waals surface area contributed by atoms with E-state index in [9.17, 15) is 4.79 Å². The number of anilines is 1. The molecule has 3 aromatic rings. The van der Waals surface area contributed by atoms with Gasteiger partial charge in [-0.05, 0) is 73.0 Å². The lowest BCUT2D eigenvalue weighted by atomic mass is 10.0. The molecule has 1 aromatic heterocycles. The molecule has 0 spiro atoms. The quantitative estimate of drug-likeness (QED) is 0.591. The Bertz CT molecular complexity index is 984. The minimum Gasteiger partial charge on any atom is -0.497 e. The van der Waals surface area contributed by atoms with E-state index in [2.05, 4.69) is 10.3 Å². The Morgan fingerprint density at radius 3 is 2.29 bits per heavy atom. The summed E-state index contributed by atoms with van der Waals surface area (Å²) in [6.07, 6.45) is 3.34. The Kier molecular flexibility index (Phi) is 6.11. The summed E-state index contributed by atoms with van der Waals surface area (Å²) in [5.74, 6) is 1.39. The highest BCUT2D eigenvalue weighted by atomic mass is 32.1. The van der Waals surface area contributed by atoms with E-state index in [1.54, 1.807) is 14.2 Å². The molecule has 0 fully saturated rings. The number of aromatic nitrogens is 1. The van der Waals surface area contributed by atoms with Crippen molar-refractivity contribution in [1.82, 2.24) is 4.98 Å². The minimum atomic E-state index is -0.217. The van der Waals surface area contributed by atoms with Crippen LogP contribution in [0.4, 0.5) is 5.13 Å². The highest BCUT2D eigenvalue weighted by Crippen LogP contribution is 2.27. The summed E-state index contributed by atoms with van der Waals surface area (Å²) in [5, 5.41) is 5.29. The van der Waals surface area contributed by atoms with Crippen LogP contribution in [0.25, 0.3) is 17.3 Å². The smallest absolute Gasteiger partial charge is 0.250 e. The maximum Gasteiger partial charge on any atom is 0.250 e. The van der Waals surface area contributed by atoms with Gasteiger partial charge in [-0.1, -0.05) is 0 Å². The van der Waals surface area contributed by atoms with Crippen LogP contribution in [-0.2, 0) is 4.79 Å². The van der Waals surface area contributed by atoms with Crippen molar-refractivity contribution in [3.8, 4) is 22.8 Å². The van der Waals surface area contributed by atoms with E-state index in [1.165, 1.54) is 17.4 Å². The number of benzene rings is 2. The first kappa shape index (κ1) is 19.6. The first-order chi connectivity index (χ1) is 13.5. The molecule has 1 heterocycles. The highest BCUT2D eigenvalue weighted by molar-refractivity contribution is 7.14. The van der Waals surface area contributed by atoms with Crippen LogP contribution in [-0.4, -0.2) is 25.1 Å². The van der Waals surface area contributed by atoms with E-state index in [0.29, 0.717) is 5.13 Å². The van der Waals surface area contributed by atoms with Gasteiger partial charge in [-0.15, -0.1) is 11.3 Å². The standard InChI is InChI=1S/C22H22N2O3S/c1-14-11-18(27-4)12-15(2)19(14)9-10-21(25)24-22-23-20(13-28-22)16-5-7-17(26-3)8-6-16/h5-13H,1-4H3,(H,23,24,25)/b10-9+. The highest BCUT2D eigenvalue weighted by Gasteiger charge is 2.08. The fraction of sp³-hybridized carbons (Fsp3) is 0.182. The average molecular weight is 394 g/mol. The molecule has 0 saturated carbocycles. The van der Waals surface area contributed by atoms with Crippen molar-refractivity contribution in [2.45, 2.75) is 13.8 Å².